The van der Waals surface area contributed by atoms with Gasteiger partial charge in [-0.15, -0.1) is 5.10 Å². The van der Waals surface area contributed by atoms with E-state index in [1.54, 1.807) is 0 Å². The number of nitrogens with zero attached hydrogens (tertiary/aromatic N) is 6. The minimum Gasteiger partial charge on any atom is -0.318 e. The third-order valence-electron chi connectivity index (χ3n) is 4.74. The third kappa shape index (κ3) is 3.71. The van der Waals surface area contributed by atoms with E-state index in [0.29, 0.717) is 5.56 Å². The molecule has 5 aromatic rings. The molecule has 0 saturated carbocycles. The van der Waals surface area contributed by atoms with Gasteiger partial charge in [0.25, 0.3) is 5.56 Å². The molecular weight excluding hydrogens is 442 g/mol. The first kappa shape index (κ1) is 20.4. The van der Waals surface area contributed by atoms with E-state index < -0.39 is 23.1 Å². The van der Waals surface area contributed by atoms with Gasteiger partial charge in [-0.1, -0.05) is 6.07 Å². The standard InChI is InChI=1S/C21H11F4N7O/c22-12-6-4-11(5-7-12)17-30-18-13-2-1-3-14(21(23,24)25)16(13)29-20(32(18)31-17)28-15-10-26-8-9-27-19(15)33/h1-10H,(H,27,28,29,33). The van der Waals surface area contributed by atoms with Crippen molar-refractivity contribution in [1.82, 2.24) is 29.5 Å². The highest BCUT2D eigenvalue weighted by Crippen LogP contribution is 2.36. The summed E-state index contributed by atoms with van der Waals surface area (Å²) in [6.07, 6.45) is -1.06. The van der Waals surface area contributed by atoms with Gasteiger partial charge >= 0.3 is 6.18 Å². The van der Waals surface area contributed by atoms with E-state index in [9.17, 15) is 22.4 Å². The van der Waals surface area contributed by atoms with Crippen LogP contribution in [0, 0.1) is 5.82 Å². The number of anilines is 2. The summed E-state index contributed by atoms with van der Waals surface area (Å²) in [6.45, 7) is 0. The predicted molar refractivity (Wildman–Crippen MR) is 110 cm³/mol. The van der Waals surface area contributed by atoms with Crippen molar-refractivity contribution in [3.8, 4) is 11.4 Å². The summed E-state index contributed by atoms with van der Waals surface area (Å²) in [7, 11) is 0. The molecule has 0 aliphatic rings. The summed E-state index contributed by atoms with van der Waals surface area (Å²) in [6, 6.07) is 8.88. The first-order valence-electron chi connectivity index (χ1n) is 9.41. The van der Waals surface area contributed by atoms with Crippen molar-refractivity contribution in [2.24, 2.45) is 0 Å². The number of fused-ring (bicyclic) bond motifs is 3. The molecule has 164 valence electrons. The van der Waals surface area contributed by atoms with Crippen molar-refractivity contribution in [1.29, 1.82) is 0 Å². The highest BCUT2D eigenvalue weighted by molar-refractivity contribution is 5.95. The number of alkyl halides is 3. The molecule has 5 rings (SSSR count). The lowest BCUT2D eigenvalue weighted by molar-refractivity contribution is -0.136. The second kappa shape index (κ2) is 7.58. The van der Waals surface area contributed by atoms with Crippen LogP contribution in [-0.4, -0.2) is 29.5 Å². The molecule has 0 aliphatic heterocycles. The number of benzene rings is 2. The lowest BCUT2D eigenvalue weighted by Gasteiger charge is -2.12. The van der Waals surface area contributed by atoms with Gasteiger partial charge in [0.1, 0.15) is 11.5 Å². The maximum Gasteiger partial charge on any atom is 0.418 e. The summed E-state index contributed by atoms with van der Waals surface area (Å²) < 4.78 is 55.6. The smallest absolute Gasteiger partial charge is 0.318 e. The lowest BCUT2D eigenvalue weighted by atomic mass is 10.1. The van der Waals surface area contributed by atoms with Gasteiger partial charge in [0.2, 0.25) is 5.95 Å². The van der Waals surface area contributed by atoms with E-state index in [1.165, 1.54) is 59.5 Å². The minimum atomic E-state index is -4.69. The Balaban J connectivity index is 1.82. The van der Waals surface area contributed by atoms with Crippen LogP contribution in [0.1, 0.15) is 5.56 Å². The summed E-state index contributed by atoms with van der Waals surface area (Å²) in [4.78, 5) is 28.2. The van der Waals surface area contributed by atoms with Crippen LogP contribution in [0.4, 0.5) is 29.2 Å². The van der Waals surface area contributed by atoms with Crippen LogP contribution in [0.25, 0.3) is 27.9 Å². The van der Waals surface area contributed by atoms with Crippen LogP contribution in [0.5, 0.6) is 0 Å². The van der Waals surface area contributed by atoms with Gasteiger partial charge in [-0.3, -0.25) is 9.78 Å². The molecule has 0 amide bonds. The maximum atomic E-state index is 13.7. The van der Waals surface area contributed by atoms with Crippen LogP contribution in [0.15, 0.2) is 65.8 Å². The molecular formula is C21H11F4N7O. The summed E-state index contributed by atoms with van der Waals surface area (Å²) >= 11 is 0. The number of para-hydroxylation sites is 1. The zero-order valence-corrected chi connectivity index (χ0v) is 16.4. The van der Waals surface area contributed by atoms with Crippen molar-refractivity contribution in [3.63, 3.8) is 0 Å². The Kier molecular flexibility index (Phi) is 4.69. The topological polar surface area (TPSA) is 98.0 Å². The summed E-state index contributed by atoms with van der Waals surface area (Å²) in [5.41, 5.74) is -1.70. The Labute approximate surface area is 181 Å². The molecule has 0 saturated heterocycles. The Morgan fingerprint density at radius 1 is 0.970 bits per heavy atom. The third-order valence-corrected chi connectivity index (χ3v) is 4.74. The van der Waals surface area contributed by atoms with Gasteiger partial charge in [-0.2, -0.15) is 17.7 Å². The Hall–Kier alpha value is -4.48. The number of nitrogens with one attached hydrogen (secondary N) is 1. The Morgan fingerprint density at radius 2 is 1.76 bits per heavy atom. The minimum absolute atomic E-state index is 0.0570. The molecule has 3 aromatic heterocycles. The molecule has 0 atom stereocenters. The second-order valence-corrected chi connectivity index (χ2v) is 6.86. The Bertz CT molecular complexity index is 1570. The first-order chi connectivity index (χ1) is 15.8. The van der Waals surface area contributed by atoms with Gasteiger partial charge in [0, 0.05) is 23.3 Å². The van der Waals surface area contributed by atoms with E-state index >= 15 is 0 Å². The number of hydrogen-bond donors (Lipinski definition) is 1. The van der Waals surface area contributed by atoms with Crippen LogP contribution in [0.3, 0.4) is 0 Å². The van der Waals surface area contributed by atoms with Gasteiger partial charge < -0.3 is 5.32 Å². The Morgan fingerprint density at radius 3 is 2.52 bits per heavy atom. The average molecular weight is 453 g/mol. The molecule has 1 N–H and O–H groups in total. The molecule has 0 radical (unpaired) electrons. The largest absolute Gasteiger partial charge is 0.418 e. The molecule has 3 heterocycles. The molecule has 0 aliphatic carbocycles. The first-order valence-corrected chi connectivity index (χ1v) is 9.41. The number of halogens is 4. The van der Waals surface area contributed by atoms with Crippen molar-refractivity contribution in [2.45, 2.75) is 6.18 Å². The van der Waals surface area contributed by atoms with E-state index in [-0.39, 0.29) is 34.0 Å². The average Bonchev–Trinajstić information content (AvgIpc) is 3.13. The molecule has 12 heteroatoms. The molecule has 0 spiro atoms. The zero-order valence-electron chi connectivity index (χ0n) is 16.4. The van der Waals surface area contributed by atoms with E-state index in [1.807, 2.05) is 0 Å². The van der Waals surface area contributed by atoms with Crippen molar-refractivity contribution >= 4 is 28.2 Å². The predicted octanol–water partition coefficient (Wildman–Crippen LogP) is 4.00. The van der Waals surface area contributed by atoms with Crippen molar-refractivity contribution in [3.05, 3.63) is 82.8 Å². The van der Waals surface area contributed by atoms with Crippen LogP contribution in [0.2, 0.25) is 0 Å². The fourth-order valence-corrected chi connectivity index (χ4v) is 3.25. The zero-order chi connectivity index (χ0) is 23.2. The number of aromatic nitrogens is 6. The number of hydrogen-bond acceptors (Lipinski definition) is 7. The highest BCUT2D eigenvalue weighted by Gasteiger charge is 2.34. The van der Waals surface area contributed by atoms with Gasteiger partial charge in [0.15, 0.2) is 11.5 Å². The van der Waals surface area contributed by atoms with Gasteiger partial charge in [-0.25, -0.2) is 19.3 Å². The molecule has 0 unspecified atom stereocenters. The van der Waals surface area contributed by atoms with Crippen molar-refractivity contribution in [2.75, 3.05) is 5.32 Å². The molecule has 0 bridgehead atoms. The maximum absolute atomic E-state index is 13.7. The lowest BCUT2D eigenvalue weighted by Crippen LogP contribution is -2.13. The quantitative estimate of drug-likeness (QED) is 0.413. The molecule has 2 aromatic carbocycles. The monoisotopic (exact) mass is 453 g/mol. The van der Waals surface area contributed by atoms with Gasteiger partial charge in [0.05, 0.1) is 17.3 Å². The normalized spacial score (nSPS) is 11.8. The summed E-state index contributed by atoms with van der Waals surface area (Å²) in [5.74, 6) is -0.546. The molecule has 8 nitrogen and oxygen atoms in total. The highest BCUT2D eigenvalue weighted by atomic mass is 19.4. The summed E-state index contributed by atoms with van der Waals surface area (Å²) in [5, 5.41) is 7.09. The van der Waals surface area contributed by atoms with Gasteiger partial charge in [-0.05, 0) is 36.4 Å². The van der Waals surface area contributed by atoms with Crippen LogP contribution in [-0.2, 0) is 6.18 Å². The van der Waals surface area contributed by atoms with Crippen LogP contribution >= 0.6 is 0 Å². The number of rotatable bonds is 3. The fraction of sp³-hybridized carbons (Fsp3) is 0.0476. The van der Waals surface area contributed by atoms with E-state index in [4.69, 9.17) is 0 Å². The van der Waals surface area contributed by atoms with Crippen molar-refractivity contribution < 1.29 is 17.6 Å². The molecule has 33 heavy (non-hydrogen) atoms. The second-order valence-electron chi connectivity index (χ2n) is 6.86. The van der Waals surface area contributed by atoms with Crippen LogP contribution < -0.4 is 10.9 Å². The fourth-order valence-electron chi connectivity index (χ4n) is 3.25. The SMILES string of the molecule is O=c1nccncc1Nc1nc2c(C(F)(F)F)cccc2c2nc(-c3ccc(F)cc3)nn12. The molecule has 0 fully saturated rings. The van der Waals surface area contributed by atoms with E-state index in [2.05, 4.69) is 30.4 Å². The van der Waals surface area contributed by atoms with E-state index in [0.717, 1.165) is 6.07 Å².